The number of hydrazone groups is 1. The third kappa shape index (κ3) is 4.14. The van der Waals surface area contributed by atoms with Crippen LogP contribution in [0.25, 0.3) is 0 Å². The smallest absolute Gasteiger partial charge is 0.133 e. The van der Waals surface area contributed by atoms with Gasteiger partial charge in [0.15, 0.2) is 0 Å². The second kappa shape index (κ2) is 5.05. The van der Waals surface area contributed by atoms with Gasteiger partial charge in [0.25, 0.3) is 0 Å². The topological polar surface area (TPSA) is 53.6 Å². The van der Waals surface area contributed by atoms with Crippen molar-refractivity contribution in [3.63, 3.8) is 0 Å². The molecule has 0 amide bonds. The number of hydrazine groups is 1. The van der Waals surface area contributed by atoms with Crippen LogP contribution in [0.15, 0.2) is 5.10 Å². The highest BCUT2D eigenvalue weighted by atomic mass is 15.5. The molecule has 0 saturated heterocycles. The molecule has 0 saturated carbocycles. The Hall–Kier alpha value is -0.770. The van der Waals surface area contributed by atoms with E-state index in [9.17, 15) is 0 Å². The SMILES string of the molecule is CCCN(C)NC(C)=NN. The zero-order valence-corrected chi connectivity index (χ0v) is 6.89. The largest absolute Gasteiger partial charge is 0.322 e. The zero-order valence-electron chi connectivity index (χ0n) is 6.89. The monoisotopic (exact) mass is 144 g/mol. The molecule has 4 nitrogen and oxygen atoms in total. The summed E-state index contributed by atoms with van der Waals surface area (Å²) in [5.41, 5.74) is 2.99. The average molecular weight is 144 g/mol. The normalized spacial score (nSPS) is 12.2. The molecule has 0 bridgehead atoms. The number of nitrogens with zero attached hydrogens (tertiary/aromatic N) is 2. The molecule has 0 fully saturated rings. The van der Waals surface area contributed by atoms with Crippen molar-refractivity contribution in [1.82, 2.24) is 10.4 Å². The van der Waals surface area contributed by atoms with E-state index in [-0.39, 0.29) is 0 Å². The van der Waals surface area contributed by atoms with Crippen molar-refractivity contribution >= 4 is 5.84 Å². The van der Waals surface area contributed by atoms with Crippen LogP contribution in [0.4, 0.5) is 0 Å². The number of hydrogen-bond donors (Lipinski definition) is 2. The van der Waals surface area contributed by atoms with Crippen LogP contribution in [0, 0.1) is 0 Å². The van der Waals surface area contributed by atoms with E-state index >= 15 is 0 Å². The van der Waals surface area contributed by atoms with Crippen LogP contribution in [0.5, 0.6) is 0 Å². The van der Waals surface area contributed by atoms with Gasteiger partial charge in [-0.05, 0) is 13.3 Å². The van der Waals surface area contributed by atoms with Crippen molar-refractivity contribution in [3.05, 3.63) is 0 Å². The number of hydrogen-bond acceptors (Lipinski definition) is 3. The fourth-order valence-electron chi connectivity index (χ4n) is 0.696. The summed E-state index contributed by atoms with van der Waals surface area (Å²) < 4.78 is 0. The van der Waals surface area contributed by atoms with Gasteiger partial charge in [0.1, 0.15) is 5.84 Å². The van der Waals surface area contributed by atoms with E-state index in [0.29, 0.717) is 0 Å². The quantitative estimate of drug-likeness (QED) is 0.256. The Kier molecular flexibility index (Phi) is 4.66. The molecule has 0 aromatic heterocycles. The standard InChI is InChI=1S/C6H16N4/c1-4-5-10(3)9-6(2)8-7/h4-5,7H2,1-3H3,(H,8,9). The van der Waals surface area contributed by atoms with Crippen LogP contribution in [-0.2, 0) is 0 Å². The van der Waals surface area contributed by atoms with Gasteiger partial charge < -0.3 is 11.3 Å². The molecule has 4 heteroatoms. The number of nitrogens with one attached hydrogen (secondary N) is 1. The second-order valence-electron chi connectivity index (χ2n) is 2.25. The van der Waals surface area contributed by atoms with Crippen molar-refractivity contribution in [2.24, 2.45) is 10.9 Å². The van der Waals surface area contributed by atoms with E-state index in [1.54, 1.807) is 0 Å². The lowest BCUT2D eigenvalue weighted by Crippen LogP contribution is -2.38. The van der Waals surface area contributed by atoms with Gasteiger partial charge in [-0.25, -0.2) is 5.01 Å². The van der Waals surface area contributed by atoms with Crippen molar-refractivity contribution in [2.45, 2.75) is 20.3 Å². The average Bonchev–Trinajstić information content (AvgIpc) is 1.88. The summed E-state index contributed by atoms with van der Waals surface area (Å²) in [5.74, 6) is 5.75. The van der Waals surface area contributed by atoms with Crippen LogP contribution in [0.1, 0.15) is 20.3 Å². The van der Waals surface area contributed by atoms with E-state index < -0.39 is 0 Å². The van der Waals surface area contributed by atoms with Gasteiger partial charge in [0.05, 0.1) is 0 Å². The summed E-state index contributed by atoms with van der Waals surface area (Å²) in [6.45, 7) is 4.94. The van der Waals surface area contributed by atoms with Gasteiger partial charge in [0, 0.05) is 13.6 Å². The third-order valence-corrected chi connectivity index (χ3v) is 1.11. The van der Waals surface area contributed by atoms with Gasteiger partial charge in [-0.15, -0.1) is 0 Å². The molecule has 60 valence electrons. The number of nitrogens with two attached hydrogens (primary N) is 1. The first-order valence-corrected chi connectivity index (χ1v) is 3.43. The maximum absolute atomic E-state index is 5.02. The fraction of sp³-hybridized carbons (Fsp3) is 0.833. The minimum Gasteiger partial charge on any atom is -0.322 e. The van der Waals surface area contributed by atoms with Crippen LogP contribution in [0.3, 0.4) is 0 Å². The minimum atomic E-state index is 0.732. The van der Waals surface area contributed by atoms with Crippen molar-refractivity contribution < 1.29 is 0 Å². The van der Waals surface area contributed by atoms with E-state index in [4.69, 9.17) is 5.84 Å². The lowest BCUT2D eigenvalue weighted by Gasteiger charge is -2.16. The highest BCUT2D eigenvalue weighted by Crippen LogP contribution is 1.80. The summed E-state index contributed by atoms with van der Waals surface area (Å²) in [7, 11) is 1.96. The molecule has 0 aliphatic heterocycles. The molecule has 0 atom stereocenters. The Morgan fingerprint density at radius 1 is 1.70 bits per heavy atom. The summed E-state index contributed by atoms with van der Waals surface area (Å²) >= 11 is 0. The number of rotatable bonds is 3. The molecular weight excluding hydrogens is 128 g/mol. The molecule has 3 N–H and O–H groups in total. The molecule has 10 heavy (non-hydrogen) atoms. The maximum atomic E-state index is 5.02. The lowest BCUT2D eigenvalue weighted by atomic mass is 10.5. The first-order valence-electron chi connectivity index (χ1n) is 3.43. The van der Waals surface area contributed by atoms with Crippen molar-refractivity contribution in [2.75, 3.05) is 13.6 Å². The Balaban J connectivity index is 3.47. The van der Waals surface area contributed by atoms with E-state index in [1.807, 2.05) is 19.0 Å². The summed E-state index contributed by atoms with van der Waals surface area (Å²) in [4.78, 5) is 0. The molecule has 0 aromatic rings. The maximum Gasteiger partial charge on any atom is 0.133 e. The van der Waals surface area contributed by atoms with Gasteiger partial charge >= 0.3 is 0 Å². The van der Waals surface area contributed by atoms with Crippen LogP contribution in [-0.4, -0.2) is 24.4 Å². The van der Waals surface area contributed by atoms with Crippen LogP contribution in [0.2, 0.25) is 0 Å². The zero-order chi connectivity index (χ0) is 7.98. The van der Waals surface area contributed by atoms with Gasteiger partial charge in [-0.2, -0.15) is 5.10 Å². The molecule has 0 aromatic carbocycles. The second-order valence-corrected chi connectivity index (χ2v) is 2.25. The highest BCUT2D eigenvalue weighted by Gasteiger charge is 1.94. The summed E-state index contributed by atoms with van der Waals surface area (Å²) in [5, 5.41) is 5.42. The minimum absolute atomic E-state index is 0.732. The first-order chi connectivity index (χ1) is 4.70. The Labute approximate surface area is 62.0 Å². The Morgan fingerprint density at radius 3 is 2.70 bits per heavy atom. The van der Waals surface area contributed by atoms with Crippen LogP contribution >= 0.6 is 0 Å². The Morgan fingerprint density at radius 2 is 2.30 bits per heavy atom. The van der Waals surface area contributed by atoms with Crippen molar-refractivity contribution in [1.29, 1.82) is 0 Å². The van der Waals surface area contributed by atoms with E-state index in [1.165, 1.54) is 0 Å². The fourth-order valence-corrected chi connectivity index (χ4v) is 0.696. The van der Waals surface area contributed by atoms with Gasteiger partial charge in [-0.3, -0.25) is 0 Å². The molecular formula is C6H16N4. The molecule has 0 spiro atoms. The van der Waals surface area contributed by atoms with E-state index in [2.05, 4.69) is 17.5 Å². The summed E-state index contributed by atoms with van der Waals surface area (Å²) in [6.07, 6.45) is 1.11. The highest BCUT2D eigenvalue weighted by molar-refractivity contribution is 5.78. The molecule has 0 unspecified atom stereocenters. The number of amidine groups is 1. The molecule has 0 heterocycles. The summed E-state index contributed by atoms with van der Waals surface area (Å²) in [6, 6.07) is 0. The van der Waals surface area contributed by atoms with Crippen LogP contribution < -0.4 is 11.3 Å². The lowest BCUT2D eigenvalue weighted by molar-refractivity contribution is 0.292. The van der Waals surface area contributed by atoms with E-state index in [0.717, 1.165) is 18.8 Å². The molecule has 0 rings (SSSR count). The molecule has 0 radical (unpaired) electrons. The predicted molar refractivity (Wildman–Crippen MR) is 43.4 cm³/mol. The third-order valence-electron chi connectivity index (χ3n) is 1.11. The Bertz CT molecular complexity index is 110. The molecule has 0 aliphatic rings. The predicted octanol–water partition coefficient (Wildman–Crippen LogP) is 0.125. The van der Waals surface area contributed by atoms with Crippen molar-refractivity contribution in [3.8, 4) is 0 Å². The first kappa shape index (κ1) is 9.23. The van der Waals surface area contributed by atoms with Gasteiger partial charge in [-0.1, -0.05) is 6.92 Å². The van der Waals surface area contributed by atoms with Gasteiger partial charge in [0.2, 0.25) is 0 Å². The molecule has 0 aliphatic carbocycles.